The molecule has 132 valence electrons. The van der Waals surface area contributed by atoms with E-state index in [2.05, 4.69) is 0 Å². The van der Waals surface area contributed by atoms with E-state index in [1.165, 1.54) is 22.9 Å². The minimum atomic E-state index is -1.22. The summed E-state index contributed by atoms with van der Waals surface area (Å²) in [7, 11) is 0. The summed E-state index contributed by atoms with van der Waals surface area (Å²) in [6.45, 7) is -1.30. The summed E-state index contributed by atoms with van der Waals surface area (Å²) in [5.41, 5.74) is 0. The van der Waals surface area contributed by atoms with Crippen LogP contribution < -0.4 is 9.47 Å². The van der Waals surface area contributed by atoms with E-state index < -0.39 is 37.1 Å². The molecule has 0 saturated carbocycles. The Morgan fingerprint density at radius 3 is 1.56 bits per heavy atom. The predicted octanol–water partition coefficient (Wildman–Crippen LogP) is 1.73. The lowest BCUT2D eigenvalue weighted by molar-refractivity contribution is -0.140. The average Bonchev–Trinajstić information content (AvgIpc) is 3.19. The summed E-state index contributed by atoms with van der Waals surface area (Å²) >= 11 is 1.83. The van der Waals surface area contributed by atoms with Crippen molar-refractivity contribution in [1.29, 1.82) is 0 Å². The number of esters is 2. The fourth-order valence-electron chi connectivity index (χ4n) is 1.58. The zero-order chi connectivity index (χ0) is 18.4. The van der Waals surface area contributed by atoms with E-state index in [0.29, 0.717) is 0 Å². The second kappa shape index (κ2) is 8.26. The predicted molar refractivity (Wildman–Crippen MR) is 84.6 cm³/mol. The Labute approximate surface area is 148 Å². The van der Waals surface area contributed by atoms with Gasteiger partial charge in [-0.05, 0) is 22.9 Å². The van der Waals surface area contributed by atoms with E-state index in [1.807, 2.05) is 0 Å². The van der Waals surface area contributed by atoms with Crippen LogP contribution in [0, 0.1) is 0 Å². The molecule has 0 aliphatic heterocycles. The van der Waals surface area contributed by atoms with Gasteiger partial charge in [0.15, 0.2) is 23.0 Å². The number of ether oxygens (including phenoxy) is 3. The molecule has 0 fully saturated rings. The lowest BCUT2D eigenvalue weighted by Gasteiger charge is -2.06. The second-order valence-corrected chi connectivity index (χ2v) is 6.10. The van der Waals surface area contributed by atoms with Crippen molar-refractivity contribution in [3.05, 3.63) is 32.6 Å². The lowest BCUT2D eigenvalue weighted by atomic mass is 10.4. The van der Waals surface area contributed by atoms with Gasteiger partial charge in [-0.2, -0.15) is 0 Å². The quantitative estimate of drug-likeness (QED) is 0.513. The normalized spacial score (nSPS) is 10.1. The molecule has 0 saturated heterocycles. The van der Waals surface area contributed by atoms with Crippen LogP contribution in [0.15, 0.2) is 22.9 Å². The number of carbonyl (C=O) groups excluding carboxylic acids is 2. The topological polar surface area (TPSA) is 136 Å². The van der Waals surface area contributed by atoms with Gasteiger partial charge in [0.25, 0.3) is 0 Å². The number of carbonyl (C=O) groups is 4. The smallest absolute Gasteiger partial charge is 0.360 e. The molecule has 2 rings (SSSR count). The van der Waals surface area contributed by atoms with Crippen molar-refractivity contribution in [2.45, 2.75) is 0 Å². The SMILES string of the molecule is O=C(O)COc1ccsc1C(=O)OC(=O)c1sccc1OCC(=O)O. The van der Waals surface area contributed by atoms with Crippen LogP contribution >= 0.6 is 22.7 Å². The molecule has 2 aromatic rings. The molecule has 0 amide bonds. The van der Waals surface area contributed by atoms with Gasteiger partial charge in [-0.25, -0.2) is 19.2 Å². The Morgan fingerprint density at radius 1 is 0.800 bits per heavy atom. The minimum Gasteiger partial charge on any atom is -0.480 e. The summed E-state index contributed by atoms with van der Waals surface area (Å²) in [5, 5.41) is 20.1. The van der Waals surface area contributed by atoms with Crippen molar-refractivity contribution in [3.63, 3.8) is 0 Å². The maximum absolute atomic E-state index is 12.1. The highest BCUT2D eigenvalue weighted by atomic mass is 32.1. The third-order valence-corrected chi connectivity index (χ3v) is 4.27. The third-order valence-electron chi connectivity index (χ3n) is 2.52. The fraction of sp³-hybridized carbons (Fsp3) is 0.143. The summed E-state index contributed by atoms with van der Waals surface area (Å²) in [6, 6.07) is 2.75. The van der Waals surface area contributed by atoms with Crippen molar-refractivity contribution in [2.75, 3.05) is 13.2 Å². The zero-order valence-corrected chi connectivity index (χ0v) is 13.9. The second-order valence-electron chi connectivity index (χ2n) is 4.27. The van der Waals surface area contributed by atoms with E-state index in [0.717, 1.165) is 22.7 Å². The van der Waals surface area contributed by atoms with Gasteiger partial charge in [-0.1, -0.05) is 0 Å². The molecule has 0 unspecified atom stereocenters. The van der Waals surface area contributed by atoms with Crippen molar-refractivity contribution in [2.24, 2.45) is 0 Å². The van der Waals surface area contributed by atoms with Gasteiger partial charge in [0.2, 0.25) is 0 Å². The first-order valence-corrected chi connectivity index (χ1v) is 8.25. The molecule has 9 nitrogen and oxygen atoms in total. The van der Waals surface area contributed by atoms with Gasteiger partial charge in [0.1, 0.15) is 11.5 Å². The van der Waals surface area contributed by atoms with Gasteiger partial charge in [-0.15, -0.1) is 22.7 Å². The number of aliphatic carboxylic acids is 2. The standard InChI is InChI=1S/C14H10O9S2/c15-9(16)5-21-7-1-3-24-11(7)13(19)23-14(20)12-8(2-4-25-12)22-6-10(17)18/h1-4H,5-6H2,(H,15,16)(H,17,18). The van der Waals surface area contributed by atoms with Crippen LogP contribution in [0.4, 0.5) is 0 Å². The van der Waals surface area contributed by atoms with Gasteiger partial charge >= 0.3 is 23.9 Å². The Morgan fingerprint density at radius 2 is 1.20 bits per heavy atom. The molecule has 25 heavy (non-hydrogen) atoms. The monoisotopic (exact) mass is 386 g/mol. The highest BCUT2D eigenvalue weighted by molar-refractivity contribution is 7.13. The molecule has 0 aliphatic carbocycles. The molecular weight excluding hydrogens is 376 g/mol. The first kappa shape index (κ1) is 18.4. The first-order valence-electron chi connectivity index (χ1n) is 6.49. The van der Waals surface area contributed by atoms with Gasteiger partial charge in [-0.3, -0.25) is 0 Å². The Balaban J connectivity index is 2.05. The number of carboxylic acid groups (broad SMARTS) is 2. The fourth-order valence-corrected chi connectivity index (χ4v) is 2.99. The van der Waals surface area contributed by atoms with Crippen molar-refractivity contribution < 1.29 is 43.6 Å². The van der Waals surface area contributed by atoms with Crippen LogP contribution in [-0.4, -0.2) is 47.3 Å². The van der Waals surface area contributed by atoms with Crippen molar-refractivity contribution >= 4 is 46.6 Å². The molecule has 2 N–H and O–H groups in total. The molecule has 0 radical (unpaired) electrons. The molecule has 0 aromatic carbocycles. The Kier molecular flexibility index (Phi) is 6.08. The number of hydrogen-bond donors (Lipinski definition) is 2. The highest BCUT2D eigenvalue weighted by Gasteiger charge is 2.24. The summed E-state index contributed by atoms with van der Waals surface area (Å²) < 4.78 is 14.6. The van der Waals surface area contributed by atoms with Crippen LogP contribution in [0.1, 0.15) is 19.3 Å². The summed E-state index contributed by atoms with van der Waals surface area (Å²) in [5.74, 6) is -4.51. The third kappa shape index (κ3) is 5.02. The van der Waals surface area contributed by atoms with Crippen LogP contribution in [0.3, 0.4) is 0 Å². The number of hydrogen-bond acceptors (Lipinski definition) is 9. The van der Waals surface area contributed by atoms with E-state index in [1.54, 1.807) is 0 Å². The number of carboxylic acids is 2. The van der Waals surface area contributed by atoms with E-state index in [9.17, 15) is 19.2 Å². The highest BCUT2D eigenvalue weighted by Crippen LogP contribution is 2.29. The van der Waals surface area contributed by atoms with Gasteiger partial charge < -0.3 is 24.4 Å². The Bertz CT molecular complexity index is 739. The van der Waals surface area contributed by atoms with Crippen molar-refractivity contribution in [1.82, 2.24) is 0 Å². The molecule has 2 heterocycles. The van der Waals surface area contributed by atoms with E-state index in [-0.39, 0.29) is 21.3 Å². The van der Waals surface area contributed by atoms with Gasteiger partial charge in [0.05, 0.1) is 0 Å². The van der Waals surface area contributed by atoms with Gasteiger partial charge in [0, 0.05) is 0 Å². The van der Waals surface area contributed by atoms with Crippen molar-refractivity contribution in [3.8, 4) is 11.5 Å². The summed E-state index contributed by atoms with van der Waals surface area (Å²) in [4.78, 5) is 45.0. The average molecular weight is 386 g/mol. The van der Waals surface area contributed by atoms with Crippen LogP contribution in [-0.2, 0) is 14.3 Å². The number of thiophene rings is 2. The zero-order valence-electron chi connectivity index (χ0n) is 12.3. The molecule has 2 aromatic heterocycles. The molecule has 0 bridgehead atoms. The molecule has 0 spiro atoms. The summed E-state index contributed by atoms with van der Waals surface area (Å²) in [6.07, 6.45) is 0. The largest absolute Gasteiger partial charge is 0.480 e. The molecule has 11 heteroatoms. The Hall–Kier alpha value is -2.92. The number of rotatable bonds is 8. The first-order chi connectivity index (χ1) is 11.9. The minimum absolute atomic E-state index is 0.0151. The van der Waals surface area contributed by atoms with E-state index in [4.69, 9.17) is 24.4 Å². The van der Waals surface area contributed by atoms with Crippen LogP contribution in [0.5, 0.6) is 11.5 Å². The molecule has 0 atom stereocenters. The van der Waals surface area contributed by atoms with E-state index >= 15 is 0 Å². The molecular formula is C14H10O9S2. The maximum Gasteiger partial charge on any atom is 0.360 e. The van der Waals surface area contributed by atoms with Crippen LogP contribution in [0.25, 0.3) is 0 Å². The lowest BCUT2D eigenvalue weighted by Crippen LogP contribution is -2.15. The molecule has 0 aliphatic rings. The van der Waals surface area contributed by atoms with Crippen LogP contribution in [0.2, 0.25) is 0 Å². The maximum atomic E-state index is 12.1.